The first kappa shape index (κ1) is 22.4. The molecule has 0 radical (unpaired) electrons. The molecule has 3 rings (SSSR count). The lowest BCUT2D eigenvalue weighted by Gasteiger charge is -2.37. The molecule has 0 bridgehead atoms. The van der Waals surface area contributed by atoms with E-state index in [4.69, 9.17) is 14.2 Å². The van der Waals surface area contributed by atoms with Crippen LogP contribution in [0.5, 0.6) is 5.75 Å². The quantitative estimate of drug-likeness (QED) is 0.739. The van der Waals surface area contributed by atoms with Crippen LogP contribution < -0.4 is 10.1 Å². The maximum atomic E-state index is 13.5. The third kappa shape index (κ3) is 4.42. The highest BCUT2D eigenvalue weighted by Gasteiger charge is 2.43. The minimum atomic E-state index is -0.739. The molecule has 31 heavy (non-hydrogen) atoms. The molecule has 0 aromatic heterocycles. The first-order valence-electron chi connectivity index (χ1n) is 10.0. The standard InChI is InChI=1S/C23H28N2O6/c1-13-17(21(27)30-6)18(14-8-7-9-15(12-14)29-5)19-16(24-13)10-11-25(20(19)26)22(28)31-23(2,3)4/h7-9,12,18,24H,10-11H2,1-6H3. The lowest BCUT2D eigenvalue weighted by molar-refractivity contribution is -0.136. The van der Waals surface area contributed by atoms with Crippen molar-refractivity contribution < 1.29 is 28.6 Å². The van der Waals surface area contributed by atoms with Crippen molar-refractivity contribution in [1.29, 1.82) is 0 Å². The Morgan fingerprint density at radius 2 is 1.90 bits per heavy atom. The predicted molar refractivity (Wildman–Crippen MR) is 113 cm³/mol. The van der Waals surface area contributed by atoms with E-state index in [0.717, 1.165) is 4.90 Å². The monoisotopic (exact) mass is 428 g/mol. The first-order chi connectivity index (χ1) is 14.6. The van der Waals surface area contributed by atoms with Gasteiger partial charge in [-0.05, 0) is 45.4 Å². The summed E-state index contributed by atoms with van der Waals surface area (Å²) in [6.45, 7) is 7.19. The lowest BCUT2D eigenvalue weighted by atomic mass is 9.78. The van der Waals surface area contributed by atoms with Crippen LogP contribution in [0.1, 0.15) is 45.6 Å². The predicted octanol–water partition coefficient (Wildman–Crippen LogP) is 3.25. The second-order valence-electron chi connectivity index (χ2n) is 8.44. The number of carbonyl (C=O) groups is 3. The van der Waals surface area contributed by atoms with Gasteiger partial charge in [0, 0.05) is 29.9 Å². The van der Waals surface area contributed by atoms with E-state index < -0.39 is 29.5 Å². The highest BCUT2D eigenvalue weighted by atomic mass is 16.6. The number of carbonyl (C=O) groups excluding carboxylic acids is 3. The molecule has 2 aliphatic heterocycles. The summed E-state index contributed by atoms with van der Waals surface area (Å²) in [5.41, 5.74) is 1.88. The van der Waals surface area contributed by atoms with Gasteiger partial charge in [-0.15, -0.1) is 0 Å². The van der Waals surface area contributed by atoms with Crippen molar-refractivity contribution in [3.63, 3.8) is 0 Å². The fourth-order valence-electron chi connectivity index (χ4n) is 3.84. The van der Waals surface area contributed by atoms with Gasteiger partial charge >= 0.3 is 12.1 Å². The maximum absolute atomic E-state index is 13.5. The van der Waals surface area contributed by atoms with Crippen molar-refractivity contribution in [1.82, 2.24) is 10.2 Å². The van der Waals surface area contributed by atoms with Crippen molar-refractivity contribution >= 4 is 18.0 Å². The van der Waals surface area contributed by atoms with Gasteiger partial charge in [-0.3, -0.25) is 4.79 Å². The van der Waals surface area contributed by atoms with Crippen molar-refractivity contribution in [2.45, 2.75) is 45.6 Å². The van der Waals surface area contributed by atoms with Gasteiger partial charge in [-0.1, -0.05) is 12.1 Å². The Morgan fingerprint density at radius 1 is 1.19 bits per heavy atom. The van der Waals surface area contributed by atoms with E-state index in [9.17, 15) is 14.4 Å². The van der Waals surface area contributed by atoms with E-state index in [0.29, 0.717) is 40.3 Å². The Balaban J connectivity index is 2.11. The average Bonchev–Trinajstić information content (AvgIpc) is 2.71. The van der Waals surface area contributed by atoms with E-state index in [1.807, 2.05) is 6.07 Å². The molecule has 0 aliphatic carbocycles. The number of amides is 2. The van der Waals surface area contributed by atoms with Crippen LogP contribution in [0.2, 0.25) is 0 Å². The number of hydrogen-bond donors (Lipinski definition) is 1. The normalized spacial score (nSPS) is 19.0. The number of rotatable bonds is 3. The maximum Gasteiger partial charge on any atom is 0.417 e. The molecule has 2 aliphatic rings. The Hall–Kier alpha value is -3.29. The highest BCUT2D eigenvalue weighted by Crippen LogP contribution is 2.42. The fraction of sp³-hybridized carbons (Fsp3) is 0.435. The summed E-state index contributed by atoms with van der Waals surface area (Å²) in [6, 6.07) is 7.17. The van der Waals surface area contributed by atoms with Gasteiger partial charge in [0.25, 0.3) is 5.91 Å². The second kappa shape index (κ2) is 8.45. The van der Waals surface area contributed by atoms with Gasteiger partial charge in [0.2, 0.25) is 0 Å². The van der Waals surface area contributed by atoms with E-state index >= 15 is 0 Å². The number of methoxy groups -OCH3 is 2. The van der Waals surface area contributed by atoms with Crippen LogP contribution in [0.25, 0.3) is 0 Å². The van der Waals surface area contributed by atoms with Crippen LogP contribution >= 0.6 is 0 Å². The summed E-state index contributed by atoms with van der Waals surface area (Å²) in [5, 5.41) is 3.18. The molecule has 1 unspecified atom stereocenters. The van der Waals surface area contributed by atoms with Gasteiger partial charge in [0.05, 0.1) is 25.7 Å². The van der Waals surface area contributed by atoms with Gasteiger partial charge in [0.1, 0.15) is 11.4 Å². The van der Waals surface area contributed by atoms with E-state index in [-0.39, 0.29) is 6.54 Å². The SMILES string of the molecule is COC(=O)C1=C(C)NC2=C(C(=O)N(C(=O)OC(C)(C)C)CC2)C1c1cccc(OC)c1. The number of ether oxygens (including phenoxy) is 3. The summed E-state index contributed by atoms with van der Waals surface area (Å²) in [6.07, 6.45) is -0.286. The van der Waals surface area contributed by atoms with Gasteiger partial charge < -0.3 is 19.5 Å². The van der Waals surface area contributed by atoms with Crippen molar-refractivity contribution in [3.8, 4) is 5.75 Å². The smallest absolute Gasteiger partial charge is 0.417 e. The van der Waals surface area contributed by atoms with Crippen molar-refractivity contribution in [3.05, 3.63) is 52.4 Å². The second-order valence-corrected chi connectivity index (χ2v) is 8.44. The molecule has 0 spiro atoms. The molecule has 0 saturated carbocycles. The summed E-state index contributed by atoms with van der Waals surface area (Å²) >= 11 is 0. The Labute approximate surface area is 181 Å². The van der Waals surface area contributed by atoms with E-state index in [1.54, 1.807) is 53.0 Å². The molecular formula is C23H28N2O6. The number of allylic oxidation sites excluding steroid dienone is 1. The van der Waals surface area contributed by atoms with Crippen LogP contribution in [0, 0.1) is 0 Å². The molecule has 0 fully saturated rings. The summed E-state index contributed by atoms with van der Waals surface area (Å²) in [4.78, 5) is 40.0. The third-order valence-corrected chi connectivity index (χ3v) is 5.15. The number of nitrogens with zero attached hydrogens (tertiary/aromatic N) is 1. The summed E-state index contributed by atoms with van der Waals surface area (Å²) in [7, 11) is 2.84. The Morgan fingerprint density at radius 3 is 2.52 bits per heavy atom. The largest absolute Gasteiger partial charge is 0.497 e. The molecular weight excluding hydrogens is 400 g/mol. The molecule has 2 amide bonds. The molecule has 8 heteroatoms. The Bertz CT molecular complexity index is 986. The summed E-state index contributed by atoms with van der Waals surface area (Å²) in [5.74, 6) is -1.17. The zero-order valence-electron chi connectivity index (χ0n) is 18.7. The van der Waals surface area contributed by atoms with Gasteiger partial charge in [-0.25, -0.2) is 14.5 Å². The van der Waals surface area contributed by atoms with Crippen molar-refractivity contribution in [2.75, 3.05) is 20.8 Å². The van der Waals surface area contributed by atoms with Gasteiger partial charge in [-0.2, -0.15) is 0 Å². The highest BCUT2D eigenvalue weighted by molar-refractivity contribution is 6.07. The summed E-state index contributed by atoms with van der Waals surface area (Å²) < 4.78 is 15.8. The van der Waals surface area contributed by atoms with Gasteiger partial charge in [0.15, 0.2) is 0 Å². The number of esters is 1. The molecule has 2 heterocycles. The van der Waals surface area contributed by atoms with Crippen LogP contribution in [0.15, 0.2) is 46.8 Å². The zero-order valence-corrected chi connectivity index (χ0v) is 18.7. The molecule has 166 valence electrons. The molecule has 1 N–H and O–H groups in total. The number of dihydropyridines is 1. The molecule has 1 aromatic rings. The van der Waals surface area contributed by atoms with Crippen LogP contribution in [0.4, 0.5) is 4.79 Å². The number of nitrogens with one attached hydrogen (secondary N) is 1. The van der Waals surface area contributed by atoms with Crippen LogP contribution in [0.3, 0.4) is 0 Å². The number of benzene rings is 1. The molecule has 8 nitrogen and oxygen atoms in total. The first-order valence-corrected chi connectivity index (χ1v) is 10.0. The van der Waals surface area contributed by atoms with Crippen LogP contribution in [-0.4, -0.2) is 49.2 Å². The lowest BCUT2D eigenvalue weighted by Crippen LogP contribution is -2.48. The topological polar surface area (TPSA) is 94.2 Å². The zero-order chi connectivity index (χ0) is 22.9. The average molecular weight is 428 g/mol. The van der Waals surface area contributed by atoms with Crippen LogP contribution in [-0.2, 0) is 19.1 Å². The van der Waals surface area contributed by atoms with E-state index in [2.05, 4.69) is 5.32 Å². The number of hydrogen-bond acceptors (Lipinski definition) is 7. The molecule has 0 saturated heterocycles. The van der Waals surface area contributed by atoms with E-state index in [1.165, 1.54) is 7.11 Å². The fourth-order valence-corrected chi connectivity index (χ4v) is 3.84. The number of imide groups is 1. The molecule has 1 atom stereocenters. The molecule has 1 aromatic carbocycles. The Kier molecular flexibility index (Phi) is 6.10. The minimum Gasteiger partial charge on any atom is -0.497 e. The minimum absolute atomic E-state index is 0.186. The third-order valence-electron chi connectivity index (χ3n) is 5.15. The van der Waals surface area contributed by atoms with Crippen molar-refractivity contribution in [2.24, 2.45) is 0 Å².